The van der Waals surface area contributed by atoms with Crippen molar-refractivity contribution in [3.63, 3.8) is 0 Å². The molecule has 1 aromatic carbocycles. The van der Waals surface area contributed by atoms with Gasteiger partial charge in [0.05, 0.1) is 17.6 Å². The summed E-state index contributed by atoms with van der Waals surface area (Å²) in [6.07, 6.45) is 0. The first-order valence-corrected chi connectivity index (χ1v) is 8.63. The highest BCUT2D eigenvalue weighted by Gasteiger charge is 2.19. The minimum absolute atomic E-state index is 0.0599. The fraction of sp³-hybridized carbons (Fsp3) is 0.556. The second kappa shape index (κ2) is 6.91. The van der Waals surface area contributed by atoms with Crippen molar-refractivity contribution < 1.29 is 4.79 Å². The predicted octanol–water partition coefficient (Wildman–Crippen LogP) is 2.32. The van der Waals surface area contributed by atoms with Crippen LogP contribution in [-0.2, 0) is 11.3 Å². The molecule has 0 unspecified atom stereocenters. The molecule has 6 heteroatoms. The Balaban J connectivity index is 1.91. The van der Waals surface area contributed by atoms with Crippen molar-refractivity contribution in [2.24, 2.45) is 0 Å². The second-order valence-corrected chi connectivity index (χ2v) is 6.96. The van der Waals surface area contributed by atoms with E-state index in [0.29, 0.717) is 6.04 Å². The minimum atomic E-state index is -0.0599. The molecule has 1 amide bonds. The van der Waals surface area contributed by atoms with E-state index in [0.717, 1.165) is 55.3 Å². The van der Waals surface area contributed by atoms with E-state index < -0.39 is 0 Å². The minimum Gasteiger partial charge on any atom is -0.326 e. The summed E-state index contributed by atoms with van der Waals surface area (Å²) in [5.74, 6) is 1.04. The third-order valence-corrected chi connectivity index (χ3v) is 4.56. The van der Waals surface area contributed by atoms with Crippen molar-refractivity contribution in [2.45, 2.75) is 33.4 Å². The van der Waals surface area contributed by atoms with Gasteiger partial charge in [-0.15, -0.1) is 0 Å². The van der Waals surface area contributed by atoms with Gasteiger partial charge < -0.3 is 14.8 Å². The van der Waals surface area contributed by atoms with E-state index in [1.54, 1.807) is 0 Å². The largest absolute Gasteiger partial charge is 0.326 e. The van der Waals surface area contributed by atoms with Gasteiger partial charge in [-0.2, -0.15) is 0 Å². The summed E-state index contributed by atoms with van der Waals surface area (Å²) >= 11 is 0. The van der Waals surface area contributed by atoms with Crippen LogP contribution in [-0.4, -0.2) is 58.5 Å². The number of hydrogen-bond acceptors (Lipinski definition) is 4. The van der Waals surface area contributed by atoms with E-state index in [9.17, 15) is 4.79 Å². The maximum Gasteiger partial charge on any atom is 0.221 e. The van der Waals surface area contributed by atoms with Crippen LogP contribution in [0.2, 0.25) is 0 Å². The Labute approximate surface area is 143 Å². The smallest absolute Gasteiger partial charge is 0.221 e. The van der Waals surface area contributed by atoms with Crippen molar-refractivity contribution >= 4 is 22.6 Å². The molecule has 1 aliphatic heterocycles. The van der Waals surface area contributed by atoms with E-state index in [1.165, 1.54) is 6.92 Å². The summed E-state index contributed by atoms with van der Waals surface area (Å²) in [5.41, 5.74) is 2.87. The van der Waals surface area contributed by atoms with Gasteiger partial charge in [-0.3, -0.25) is 9.69 Å². The van der Waals surface area contributed by atoms with Crippen molar-refractivity contribution in [3.8, 4) is 0 Å². The fourth-order valence-corrected chi connectivity index (χ4v) is 3.32. The summed E-state index contributed by atoms with van der Waals surface area (Å²) in [7, 11) is 2.17. The first-order valence-electron chi connectivity index (χ1n) is 8.63. The zero-order valence-corrected chi connectivity index (χ0v) is 15.0. The van der Waals surface area contributed by atoms with Crippen molar-refractivity contribution in [3.05, 3.63) is 24.0 Å². The van der Waals surface area contributed by atoms with Gasteiger partial charge in [-0.1, -0.05) is 0 Å². The predicted molar refractivity (Wildman–Crippen MR) is 97.2 cm³/mol. The molecule has 0 saturated carbocycles. The van der Waals surface area contributed by atoms with Crippen molar-refractivity contribution in [2.75, 3.05) is 38.5 Å². The van der Waals surface area contributed by atoms with E-state index in [2.05, 4.69) is 46.6 Å². The molecule has 24 heavy (non-hydrogen) atoms. The lowest BCUT2D eigenvalue weighted by Crippen LogP contribution is -2.44. The van der Waals surface area contributed by atoms with Crippen LogP contribution in [0.3, 0.4) is 0 Å². The number of aromatic nitrogens is 2. The number of carbonyl (C=O) groups is 1. The number of hydrogen-bond donors (Lipinski definition) is 1. The molecule has 130 valence electrons. The number of carbonyl (C=O) groups excluding carboxylic acids is 1. The Morgan fingerprint density at radius 2 is 1.96 bits per heavy atom. The van der Waals surface area contributed by atoms with Crippen LogP contribution >= 0.6 is 0 Å². The summed E-state index contributed by atoms with van der Waals surface area (Å²) < 4.78 is 2.31. The fourth-order valence-electron chi connectivity index (χ4n) is 3.32. The Morgan fingerprint density at radius 1 is 1.25 bits per heavy atom. The Hall–Kier alpha value is -1.92. The van der Waals surface area contributed by atoms with E-state index in [4.69, 9.17) is 4.98 Å². The van der Waals surface area contributed by atoms with Gasteiger partial charge in [0.15, 0.2) is 0 Å². The van der Waals surface area contributed by atoms with E-state index in [-0.39, 0.29) is 5.91 Å². The molecule has 1 fully saturated rings. The summed E-state index contributed by atoms with van der Waals surface area (Å²) in [6.45, 7) is 11.1. The van der Waals surface area contributed by atoms with Crippen LogP contribution in [0.25, 0.3) is 11.0 Å². The summed E-state index contributed by atoms with van der Waals surface area (Å²) in [5, 5.41) is 2.84. The average molecular weight is 329 g/mol. The molecule has 2 heterocycles. The lowest BCUT2D eigenvalue weighted by Gasteiger charge is -2.32. The van der Waals surface area contributed by atoms with Crippen LogP contribution in [0, 0.1) is 0 Å². The number of anilines is 1. The van der Waals surface area contributed by atoms with Gasteiger partial charge in [0.1, 0.15) is 5.82 Å². The number of rotatable bonds is 4. The molecule has 2 aromatic rings. The van der Waals surface area contributed by atoms with Gasteiger partial charge in [0.2, 0.25) is 5.91 Å². The number of nitrogens with one attached hydrogen (secondary N) is 1. The monoisotopic (exact) mass is 329 g/mol. The third kappa shape index (κ3) is 3.60. The molecule has 0 aliphatic carbocycles. The normalized spacial score (nSPS) is 16.9. The molecule has 0 radical (unpaired) electrons. The highest BCUT2D eigenvalue weighted by molar-refractivity contribution is 5.91. The molecule has 1 N–H and O–H groups in total. The topological polar surface area (TPSA) is 53.4 Å². The number of piperazine rings is 1. The Kier molecular flexibility index (Phi) is 4.87. The highest BCUT2D eigenvalue weighted by Crippen LogP contribution is 2.25. The standard InChI is InChI=1S/C18H27N5O/c1-13(2)23-17-6-5-15(19-14(3)24)11-16(17)20-18(23)12-22-9-7-21(4)8-10-22/h5-6,11,13H,7-10,12H2,1-4H3,(H,19,24). The number of imidazole rings is 1. The molecule has 1 aliphatic rings. The van der Waals surface area contributed by atoms with Gasteiger partial charge in [0, 0.05) is 44.8 Å². The molecule has 3 rings (SSSR count). The Morgan fingerprint density at radius 3 is 2.58 bits per heavy atom. The first kappa shape index (κ1) is 16.9. The zero-order valence-electron chi connectivity index (χ0n) is 15.0. The SMILES string of the molecule is CC(=O)Nc1ccc2c(c1)nc(CN1CCN(C)CC1)n2C(C)C. The molecule has 0 atom stereocenters. The Bertz CT molecular complexity index is 728. The van der Waals surface area contributed by atoms with Crippen LogP contribution in [0.15, 0.2) is 18.2 Å². The van der Waals surface area contributed by atoms with Crippen LogP contribution in [0.5, 0.6) is 0 Å². The molecule has 0 bridgehead atoms. The van der Waals surface area contributed by atoms with Gasteiger partial charge >= 0.3 is 0 Å². The van der Waals surface area contributed by atoms with Gasteiger partial charge in [0.25, 0.3) is 0 Å². The molecular formula is C18H27N5O. The molecule has 1 aromatic heterocycles. The number of amides is 1. The van der Waals surface area contributed by atoms with E-state index >= 15 is 0 Å². The maximum atomic E-state index is 11.3. The maximum absolute atomic E-state index is 11.3. The van der Waals surface area contributed by atoms with Crippen molar-refractivity contribution in [1.82, 2.24) is 19.4 Å². The molecular weight excluding hydrogens is 302 g/mol. The highest BCUT2D eigenvalue weighted by atomic mass is 16.1. The van der Waals surface area contributed by atoms with Crippen LogP contribution in [0.4, 0.5) is 5.69 Å². The lowest BCUT2D eigenvalue weighted by atomic mass is 10.2. The third-order valence-electron chi connectivity index (χ3n) is 4.56. The first-order chi connectivity index (χ1) is 11.4. The number of likely N-dealkylation sites (N-methyl/N-ethyl adjacent to an activating group) is 1. The lowest BCUT2D eigenvalue weighted by molar-refractivity contribution is -0.114. The molecule has 0 spiro atoms. The number of fused-ring (bicyclic) bond motifs is 1. The van der Waals surface area contributed by atoms with Crippen LogP contribution in [0.1, 0.15) is 32.6 Å². The number of benzene rings is 1. The van der Waals surface area contributed by atoms with Crippen LogP contribution < -0.4 is 5.32 Å². The average Bonchev–Trinajstić information content (AvgIpc) is 2.86. The molecule has 6 nitrogen and oxygen atoms in total. The zero-order chi connectivity index (χ0) is 17.3. The van der Waals surface area contributed by atoms with Crippen molar-refractivity contribution in [1.29, 1.82) is 0 Å². The quantitative estimate of drug-likeness (QED) is 0.935. The van der Waals surface area contributed by atoms with E-state index in [1.807, 2.05) is 12.1 Å². The van der Waals surface area contributed by atoms with Gasteiger partial charge in [-0.05, 0) is 39.1 Å². The summed E-state index contributed by atoms with van der Waals surface area (Å²) in [6, 6.07) is 6.32. The molecule has 1 saturated heterocycles. The second-order valence-electron chi connectivity index (χ2n) is 6.96. The summed E-state index contributed by atoms with van der Waals surface area (Å²) in [4.78, 5) is 21.0. The van der Waals surface area contributed by atoms with Gasteiger partial charge in [-0.25, -0.2) is 4.98 Å². The number of nitrogens with zero attached hydrogens (tertiary/aromatic N) is 4.